The van der Waals surface area contributed by atoms with Crippen molar-refractivity contribution in [2.24, 2.45) is 0 Å². The molecule has 2 aromatic heterocycles. The first-order chi connectivity index (χ1) is 9.81. The standard InChI is InChI=1S/C16H16N4/c1-11-9-15-16(17-7-8-20(15)19-11)18-14-10-13(14)12-5-3-2-4-6-12/h2-9,13-14H,10H2,1H3,(H,17,18). The van der Waals surface area contributed by atoms with Gasteiger partial charge in [-0.15, -0.1) is 0 Å². The molecule has 1 N–H and O–H groups in total. The number of aryl methyl sites for hydroxylation is 1. The van der Waals surface area contributed by atoms with E-state index in [2.05, 4.69) is 51.8 Å². The van der Waals surface area contributed by atoms with E-state index in [0.29, 0.717) is 12.0 Å². The van der Waals surface area contributed by atoms with Crippen molar-refractivity contribution in [1.82, 2.24) is 14.6 Å². The Morgan fingerprint density at radius 2 is 2.10 bits per heavy atom. The lowest BCUT2D eigenvalue weighted by Gasteiger charge is -2.06. The van der Waals surface area contributed by atoms with Crippen LogP contribution in [0.1, 0.15) is 23.6 Å². The van der Waals surface area contributed by atoms with Crippen molar-refractivity contribution in [2.75, 3.05) is 5.32 Å². The van der Waals surface area contributed by atoms with E-state index in [-0.39, 0.29) is 0 Å². The average Bonchev–Trinajstić information content (AvgIpc) is 3.12. The maximum atomic E-state index is 4.46. The highest BCUT2D eigenvalue weighted by molar-refractivity contribution is 5.68. The lowest BCUT2D eigenvalue weighted by Crippen LogP contribution is -2.07. The second kappa shape index (κ2) is 4.34. The summed E-state index contributed by atoms with van der Waals surface area (Å²) >= 11 is 0. The number of fused-ring (bicyclic) bond motifs is 1. The Morgan fingerprint density at radius 3 is 2.95 bits per heavy atom. The molecule has 0 spiro atoms. The molecule has 4 heteroatoms. The van der Waals surface area contributed by atoms with E-state index in [1.807, 2.05) is 17.6 Å². The van der Waals surface area contributed by atoms with E-state index in [0.717, 1.165) is 17.0 Å². The molecular weight excluding hydrogens is 248 g/mol. The molecule has 100 valence electrons. The summed E-state index contributed by atoms with van der Waals surface area (Å²) < 4.78 is 1.88. The first-order valence-corrected chi connectivity index (χ1v) is 6.94. The Kier molecular flexibility index (Phi) is 2.49. The van der Waals surface area contributed by atoms with Crippen molar-refractivity contribution in [3.8, 4) is 0 Å². The summed E-state index contributed by atoms with van der Waals surface area (Å²) in [6.07, 6.45) is 4.84. The molecule has 0 bridgehead atoms. The Morgan fingerprint density at radius 1 is 1.25 bits per heavy atom. The summed E-state index contributed by atoms with van der Waals surface area (Å²) in [6, 6.07) is 13.2. The van der Waals surface area contributed by atoms with Gasteiger partial charge in [-0.25, -0.2) is 9.50 Å². The molecule has 0 aliphatic heterocycles. The molecule has 4 nitrogen and oxygen atoms in total. The largest absolute Gasteiger partial charge is 0.365 e. The quantitative estimate of drug-likeness (QED) is 0.790. The molecular formula is C16H16N4. The monoisotopic (exact) mass is 264 g/mol. The van der Waals surface area contributed by atoms with E-state index >= 15 is 0 Å². The SMILES string of the molecule is Cc1cc2c(NC3CC3c3ccccc3)nccn2n1. The minimum atomic E-state index is 0.478. The van der Waals surface area contributed by atoms with Crippen LogP contribution in [0, 0.1) is 6.92 Å². The Bertz CT molecular complexity index is 748. The van der Waals surface area contributed by atoms with Crippen molar-refractivity contribution in [3.63, 3.8) is 0 Å². The maximum Gasteiger partial charge on any atom is 0.152 e. The van der Waals surface area contributed by atoms with Gasteiger partial charge >= 0.3 is 0 Å². The van der Waals surface area contributed by atoms with Gasteiger partial charge in [-0.1, -0.05) is 30.3 Å². The molecule has 1 aromatic carbocycles. The molecule has 1 fully saturated rings. The highest BCUT2D eigenvalue weighted by Crippen LogP contribution is 2.42. The van der Waals surface area contributed by atoms with Crippen LogP contribution in [-0.4, -0.2) is 20.6 Å². The smallest absolute Gasteiger partial charge is 0.152 e. The summed E-state index contributed by atoms with van der Waals surface area (Å²) in [5, 5.41) is 7.96. The van der Waals surface area contributed by atoms with Gasteiger partial charge in [-0.05, 0) is 25.0 Å². The molecule has 0 radical (unpaired) electrons. The van der Waals surface area contributed by atoms with Crippen LogP contribution < -0.4 is 5.32 Å². The van der Waals surface area contributed by atoms with E-state index in [4.69, 9.17) is 0 Å². The Balaban J connectivity index is 1.58. The predicted molar refractivity (Wildman–Crippen MR) is 78.9 cm³/mol. The van der Waals surface area contributed by atoms with Crippen LogP contribution in [0.3, 0.4) is 0 Å². The second-order valence-electron chi connectivity index (χ2n) is 5.40. The van der Waals surface area contributed by atoms with E-state index in [1.165, 1.54) is 12.0 Å². The van der Waals surface area contributed by atoms with Crippen molar-refractivity contribution in [3.05, 3.63) is 60.0 Å². The van der Waals surface area contributed by atoms with Crippen LogP contribution in [0.15, 0.2) is 48.8 Å². The van der Waals surface area contributed by atoms with Gasteiger partial charge in [0.1, 0.15) is 5.52 Å². The first-order valence-electron chi connectivity index (χ1n) is 6.94. The minimum Gasteiger partial charge on any atom is -0.365 e. The maximum absolute atomic E-state index is 4.46. The van der Waals surface area contributed by atoms with E-state index in [1.54, 1.807) is 6.20 Å². The number of hydrogen-bond acceptors (Lipinski definition) is 3. The van der Waals surface area contributed by atoms with Gasteiger partial charge < -0.3 is 5.32 Å². The van der Waals surface area contributed by atoms with Crippen LogP contribution in [-0.2, 0) is 0 Å². The third-order valence-electron chi connectivity index (χ3n) is 3.85. The number of anilines is 1. The van der Waals surface area contributed by atoms with Crippen LogP contribution in [0.4, 0.5) is 5.82 Å². The lowest BCUT2D eigenvalue weighted by atomic mass is 10.1. The van der Waals surface area contributed by atoms with Crippen LogP contribution >= 0.6 is 0 Å². The number of rotatable bonds is 3. The number of aromatic nitrogens is 3. The van der Waals surface area contributed by atoms with Crippen LogP contribution in [0.5, 0.6) is 0 Å². The van der Waals surface area contributed by atoms with Gasteiger partial charge in [0.15, 0.2) is 5.82 Å². The summed E-state index contributed by atoms with van der Waals surface area (Å²) in [4.78, 5) is 4.46. The van der Waals surface area contributed by atoms with Gasteiger partial charge in [0.2, 0.25) is 0 Å². The highest BCUT2D eigenvalue weighted by Gasteiger charge is 2.38. The number of benzene rings is 1. The van der Waals surface area contributed by atoms with Gasteiger partial charge in [-0.3, -0.25) is 0 Å². The molecule has 2 heterocycles. The molecule has 1 aliphatic carbocycles. The zero-order valence-electron chi connectivity index (χ0n) is 11.3. The Labute approximate surface area is 117 Å². The molecule has 1 saturated carbocycles. The molecule has 3 aromatic rings. The Hall–Kier alpha value is -2.36. The summed E-state index contributed by atoms with van der Waals surface area (Å²) in [5.41, 5.74) is 3.46. The summed E-state index contributed by atoms with van der Waals surface area (Å²) in [6.45, 7) is 2.00. The lowest BCUT2D eigenvalue weighted by molar-refractivity contribution is 0.918. The first kappa shape index (κ1) is 11.5. The van der Waals surface area contributed by atoms with Gasteiger partial charge in [0, 0.05) is 24.4 Å². The minimum absolute atomic E-state index is 0.478. The van der Waals surface area contributed by atoms with E-state index < -0.39 is 0 Å². The second-order valence-corrected chi connectivity index (χ2v) is 5.40. The molecule has 1 aliphatic rings. The van der Waals surface area contributed by atoms with Crippen LogP contribution in [0.25, 0.3) is 5.52 Å². The van der Waals surface area contributed by atoms with Gasteiger partial charge in [0.05, 0.1) is 5.69 Å². The van der Waals surface area contributed by atoms with Gasteiger partial charge in [-0.2, -0.15) is 5.10 Å². The zero-order chi connectivity index (χ0) is 13.5. The fourth-order valence-corrected chi connectivity index (χ4v) is 2.75. The molecule has 2 atom stereocenters. The topological polar surface area (TPSA) is 42.2 Å². The normalized spacial score (nSPS) is 21.1. The summed E-state index contributed by atoms with van der Waals surface area (Å²) in [5.74, 6) is 1.53. The fraction of sp³-hybridized carbons (Fsp3) is 0.250. The average molecular weight is 264 g/mol. The molecule has 20 heavy (non-hydrogen) atoms. The van der Waals surface area contributed by atoms with Crippen molar-refractivity contribution in [1.29, 1.82) is 0 Å². The zero-order valence-corrected chi connectivity index (χ0v) is 11.3. The predicted octanol–water partition coefficient (Wildman–Crippen LogP) is 3.01. The third-order valence-corrected chi connectivity index (χ3v) is 3.85. The van der Waals surface area contributed by atoms with E-state index in [9.17, 15) is 0 Å². The number of hydrogen-bond donors (Lipinski definition) is 1. The summed E-state index contributed by atoms with van der Waals surface area (Å²) in [7, 11) is 0. The highest BCUT2D eigenvalue weighted by atomic mass is 15.2. The number of nitrogens with one attached hydrogen (secondary N) is 1. The van der Waals surface area contributed by atoms with Crippen LogP contribution in [0.2, 0.25) is 0 Å². The third kappa shape index (κ3) is 1.93. The van der Waals surface area contributed by atoms with Gasteiger partial charge in [0.25, 0.3) is 0 Å². The molecule has 0 amide bonds. The van der Waals surface area contributed by atoms with Crippen molar-refractivity contribution in [2.45, 2.75) is 25.3 Å². The molecule has 4 rings (SSSR count). The van der Waals surface area contributed by atoms with Crippen molar-refractivity contribution >= 4 is 11.3 Å². The fourth-order valence-electron chi connectivity index (χ4n) is 2.75. The van der Waals surface area contributed by atoms with Crippen molar-refractivity contribution < 1.29 is 0 Å². The number of nitrogens with zero attached hydrogens (tertiary/aromatic N) is 3. The molecule has 2 unspecified atom stereocenters. The molecule has 0 saturated heterocycles.